The molecule has 0 atom stereocenters. The van der Waals surface area contributed by atoms with Crippen LogP contribution in [0, 0.1) is 6.92 Å². The van der Waals surface area contributed by atoms with Gasteiger partial charge < -0.3 is 12.4 Å². The van der Waals surface area contributed by atoms with Gasteiger partial charge in [0.25, 0.3) is 0 Å². The largest absolute Gasteiger partial charge is 1.00 e. The van der Waals surface area contributed by atoms with Crippen LogP contribution in [0.1, 0.15) is 11.1 Å². The Kier molecular flexibility index (Phi) is 5.33. The summed E-state index contributed by atoms with van der Waals surface area (Å²) in [5.74, 6) is 0. The number of aryl methyl sites for hydroxylation is 1. The van der Waals surface area contributed by atoms with Crippen LogP contribution in [0.25, 0.3) is 0 Å². The molecule has 0 nitrogen and oxygen atoms in total. The predicted octanol–water partition coefficient (Wildman–Crippen LogP) is -0.301. The molecule has 0 radical (unpaired) electrons. The van der Waals surface area contributed by atoms with Crippen LogP contribution >= 0.6 is 11.6 Å². The summed E-state index contributed by atoms with van der Waals surface area (Å²) in [5, 5.41) is 2.05. The van der Waals surface area contributed by atoms with Crippen LogP contribution in [-0.2, 0) is 23.3 Å². The predicted molar refractivity (Wildman–Crippen MR) is 39.9 cm³/mol. The van der Waals surface area contributed by atoms with Crippen LogP contribution in [0.2, 0.25) is 5.02 Å². The van der Waals surface area contributed by atoms with E-state index >= 15 is 0 Å². The molecule has 0 aliphatic carbocycles. The van der Waals surface area contributed by atoms with E-state index < -0.39 is 0 Å². The Bertz CT molecular complexity index is 236. The van der Waals surface area contributed by atoms with Gasteiger partial charge in [-0.05, 0) is 0 Å². The maximum Gasteiger partial charge on any atom is -1.00 e. The van der Waals surface area contributed by atoms with Crippen LogP contribution in [-0.4, -0.2) is 0 Å². The minimum atomic E-state index is 0. The normalized spacial score (nSPS) is 9.09. The minimum Gasteiger partial charge on any atom is -1.00 e. The second-order valence-corrected chi connectivity index (χ2v) is 3.81. The zero-order chi connectivity index (χ0) is 7.56. The van der Waals surface area contributed by atoms with Crippen LogP contribution in [0.3, 0.4) is 0 Å². The van der Waals surface area contributed by atoms with Gasteiger partial charge in [0.2, 0.25) is 0 Å². The molecule has 0 aromatic heterocycles. The molecule has 0 spiro atoms. The average Bonchev–Trinajstić information content (AvgIpc) is 1.88. The molecule has 0 aliphatic rings. The van der Waals surface area contributed by atoms with E-state index in [9.17, 15) is 0 Å². The van der Waals surface area contributed by atoms with Gasteiger partial charge in [0, 0.05) is 0 Å². The molecular formula is C8H8Cl2Zn. The van der Waals surface area contributed by atoms with Gasteiger partial charge in [-0.2, -0.15) is 0 Å². The van der Waals surface area contributed by atoms with Crippen LogP contribution in [0.4, 0.5) is 0 Å². The fraction of sp³-hybridized carbons (Fsp3) is 0.250. The monoisotopic (exact) mass is 238 g/mol. The molecule has 0 heterocycles. The van der Waals surface area contributed by atoms with Crippen molar-refractivity contribution in [2.45, 2.75) is 11.9 Å². The average molecular weight is 240 g/mol. The third kappa shape index (κ3) is 3.11. The molecule has 0 bridgehead atoms. The van der Waals surface area contributed by atoms with Crippen molar-refractivity contribution in [2.24, 2.45) is 0 Å². The van der Waals surface area contributed by atoms with Crippen molar-refractivity contribution in [1.29, 1.82) is 0 Å². The molecule has 56 valence electrons. The first-order chi connectivity index (χ1) is 4.74. The van der Waals surface area contributed by atoms with Crippen molar-refractivity contribution in [1.82, 2.24) is 0 Å². The topological polar surface area (TPSA) is 0 Å². The maximum absolute atomic E-state index is 5.78. The van der Waals surface area contributed by atoms with Gasteiger partial charge >= 0.3 is 76.2 Å². The third-order valence-corrected chi connectivity index (χ3v) is 2.94. The minimum absolute atomic E-state index is 0. The Morgan fingerprint density at radius 3 is 2.55 bits per heavy atom. The molecule has 0 saturated heterocycles. The summed E-state index contributed by atoms with van der Waals surface area (Å²) in [6.45, 7) is 2.11. The number of rotatable bonds is 1. The van der Waals surface area contributed by atoms with Crippen molar-refractivity contribution < 1.29 is 30.7 Å². The van der Waals surface area contributed by atoms with Gasteiger partial charge in [-0.1, -0.05) is 0 Å². The summed E-state index contributed by atoms with van der Waals surface area (Å²) >= 11 is 7.11. The van der Waals surface area contributed by atoms with Crippen molar-refractivity contribution in [3.05, 3.63) is 34.3 Å². The Morgan fingerprint density at radius 1 is 1.45 bits per heavy atom. The molecule has 1 aromatic carbocycles. The van der Waals surface area contributed by atoms with Crippen LogP contribution < -0.4 is 12.4 Å². The second-order valence-electron chi connectivity index (χ2n) is 2.32. The number of hydrogen-bond acceptors (Lipinski definition) is 0. The van der Waals surface area contributed by atoms with Gasteiger partial charge in [-0.3, -0.25) is 0 Å². The van der Waals surface area contributed by atoms with Gasteiger partial charge in [0.1, 0.15) is 0 Å². The van der Waals surface area contributed by atoms with E-state index in [0.29, 0.717) is 0 Å². The van der Waals surface area contributed by atoms with E-state index in [4.69, 9.17) is 11.6 Å². The quantitative estimate of drug-likeness (QED) is 0.591. The molecule has 0 saturated carbocycles. The molecule has 0 fully saturated rings. The Labute approximate surface area is 88.4 Å². The van der Waals surface area contributed by atoms with Crippen molar-refractivity contribution in [3.8, 4) is 0 Å². The molecule has 1 aromatic rings. The van der Waals surface area contributed by atoms with Crippen LogP contribution in [0.15, 0.2) is 18.2 Å². The molecule has 0 N–H and O–H groups in total. The molecular weight excluding hydrogens is 232 g/mol. The molecule has 3 heteroatoms. The van der Waals surface area contributed by atoms with Crippen molar-refractivity contribution >= 4 is 11.6 Å². The van der Waals surface area contributed by atoms with E-state index in [1.807, 2.05) is 12.1 Å². The summed E-state index contributed by atoms with van der Waals surface area (Å²) < 4.78 is 0. The van der Waals surface area contributed by atoms with Gasteiger partial charge in [-0.15, -0.1) is 0 Å². The molecule has 0 aliphatic heterocycles. The Hall–Kier alpha value is 0.423. The van der Waals surface area contributed by atoms with Crippen molar-refractivity contribution in [2.75, 3.05) is 0 Å². The number of halogens is 2. The molecule has 0 unspecified atom stereocenters. The van der Waals surface area contributed by atoms with Gasteiger partial charge in [0.15, 0.2) is 0 Å². The fourth-order valence-corrected chi connectivity index (χ4v) is 2.34. The Morgan fingerprint density at radius 2 is 2.09 bits per heavy atom. The van der Waals surface area contributed by atoms with E-state index in [-0.39, 0.29) is 12.4 Å². The smallest absolute Gasteiger partial charge is 1.00 e. The first-order valence-corrected chi connectivity index (χ1v) is 5.76. The van der Waals surface area contributed by atoms with E-state index in [1.165, 1.54) is 34.4 Å². The second kappa shape index (κ2) is 5.14. The summed E-state index contributed by atoms with van der Waals surface area (Å²) in [6, 6.07) is 6.09. The first kappa shape index (κ1) is 11.4. The summed E-state index contributed by atoms with van der Waals surface area (Å²) in [7, 11) is 0. The fourth-order valence-electron chi connectivity index (χ4n) is 0.940. The summed E-state index contributed by atoms with van der Waals surface area (Å²) in [5.41, 5.74) is 2.75. The SMILES string of the molecule is Cc1cc(Cl)ccc1[CH2][Zn+].[Cl-]. The number of hydrogen-bond donors (Lipinski definition) is 0. The van der Waals surface area contributed by atoms with Gasteiger partial charge in [-0.25, -0.2) is 0 Å². The van der Waals surface area contributed by atoms with E-state index in [2.05, 4.69) is 13.0 Å². The number of benzene rings is 1. The third-order valence-electron chi connectivity index (χ3n) is 1.57. The Balaban J connectivity index is 0.000001000. The van der Waals surface area contributed by atoms with E-state index in [0.717, 1.165) is 5.02 Å². The van der Waals surface area contributed by atoms with Crippen LogP contribution in [0.5, 0.6) is 0 Å². The van der Waals surface area contributed by atoms with E-state index in [1.54, 1.807) is 0 Å². The standard InChI is InChI=1S/C8H8Cl.ClH.Zn/c1-6-3-4-8(9)5-7(6)2;;/h3-5H,1H2,2H3;1H;/q;;+1/p-1. The molecule has 0 amide bonds. The molecule has 1 rings (SSSR count). The summed E-state index contributed by atoms with van der Waals surface area (Å²) in [4.78, 5) is 0. The zero-order valence-electron chi connectivity index (χ0n) is 6.40. The first-order valence-electron chi connectivity index (χ1n) is 3.28. The maximum atomic E-state index is 5.78. The summed E-state index contributed by atoms with van der Waals surface area (Å²) in [6.07, 6.45) is 0. The van der Waals surface area contributed by atoms with Gasteiger partial charge in [0.05, 0.1) is 0 Å². The van der Waals surface area contributed by atoms with Crippen molar-refractivity contribution in [3.63, 3.8) is 0 Å². The zero-order valence-corrected chi connectivity index (χ0v) is 10.9. The molecule has 11 heavy (non-hydrogen) atoms.